The fourth-order valence-electron chi connectivity index (χ4n) is 2.69. The van der Waals surface area contributed by atoms with Crippen molar-refractivity contribution in [3.63, 3.8) is 0 Å². The van der Waals surface area contributed by atoms with Crippen LogP contribution in [-0.4, -0.2) is 40.5 Å². The minimum atomic E-state index is 0.557. The molecule has 1 fully saturated rings. The first-order valence-electron chi connectivity index (χ1n) is 7.69. The lowest BCUT2D eigenvalue weighted by Crippen LogP contribution is -2.29. The van der Waals surface area contributed by atoms with E-state index in [1.807, 2.05) is 6.07 Å². The molecule has 0 bridgehead atoms. The van der Waals surface area contributed by atoms with Crippen LogP contribution in [0, 0.1) is 5.92 Å². The molecule has 0 saturated carbocycles. The van der Waals surface area contributed by atoms with E-state index in [-0.39, 0.29) is 0 Å². The molecule has 2 rings (SSSR count). The van der Waals surface area contributed by atoms with E-state index in [0.29, 0.717) is 17.8 Å². The predicted octanol–water partition coefficient (Wildman–Crippen LogP) is 2.15. The molecule has 1 atom stereocenters. The van der Waals surface area contributed by atoms with E-state index in [9.17, 15) is 0 Å². The molecule has 0 aromatic carbocycles. The van der Waals surface area contributed by atoms with E-state index in [4.69, 9.17) is 5.73 Å². The highest BCUT2D eigenvalue weighted by Crippen LogP contribution is 2.19. The molecule has 2 heterocycles. The predicted molar refractivity (Wildman–Crippen MR) is 83.7 cm³/mol. The van der Waals surface area contributed by atoms with Gasteiger partial charge in [0.1, 0.15) is 17.5 Å². The average Bonchev–Trinajstić information content (AvgIpc) is 2.85. The molecule has 0 aliphatic carbocycles. The Labute approximate surface area is 122 Å². The Hall–Kier alpha value is -1.36. The number of hydrogen-bond acceptors (Lipinski definition) is 5. The second kappa shape index (κ2) is 6.88. The van der Waals surface area contributed by atoms with E-state index in [1.54, 1.807) is 0 Å². The molecular formula is C15H27N5. The number of nitrogens with one attached hydrogen (secondary N) is 1. The average molecular weight is 277 g/mol. The van der Waals surface area contributed by atoms with Gasteiger partial charge in [0.15, 0.2) is 0 Å². The Morgan fingerprint density at radius 2 is 2.25 bits per heavy atom. The van der Waals surface area contributed by atoms with Crippen LogP contribution in [0.25, 0.3) is 0 Å². The highest BCUT2D eigenvalue weighted by atomic mass is 15.2. The zero-order valence-corrected chi connectivity index (χ0v) is 12.9. The maximum Gasteiger partial charge on any atom is 0.133 e. The Bertz CT molecular complexity index is 432. The molecule has 20 heavy (non-hydrogen) atoms. The normalized spacial score (nSPS) is 19.7. The molecule has 1 aliphatic rings. The molecule has 1 aromatic rings. The third-order valence-corrected chi connectivity index (χ3v) is 3.89. The van der Waals surface area contributed by atoms with Gasteiger partial charge >= 0.3 is 0 Å². The molecule has 3 N–H and O–H groups in total. The maximum absolute atomic E-state index is 5.84. The number of likely N-dealkylation sites (tertiary alicyclic amines) is 1. The van der Waals surface area contributed by atoms with Crippen molar-refractivity contribution in [1.82, 2.24) is 14.9 Å². The summed E-state index contributed by atoms with van der Waals surface area (Å²) >= 11 is 0. The van der Waals surface area contributed by atoms with Crippen LogP contribution >= 0.6 is 0 Å². The van der Waals surface area contributed by atoms with E-state index in [1.165, 1.54) is 19.5 Å². The largest absolute Gasteiger partial charge is 0.384 e. The van der Waals surface area contributed by atoms with Crippen LogP contribution in [0.4, 0.5) is 11.6 Å². The summed E-state index contributed by atoms with van der Waals surface area (Å²) in [5.41, 5.74) is 5.84. The van der Waals surface area contributed by atoms with E-state index >= 15 is 0 Å². The number of aryl methyl sites for hydroxylation is 1. The van der Waals surface area contributed by atoms with E-state index in [0.717, 1.165) is 31.0 Å². The Morgan fingerprint density at radius 3 is 2.90 bits per heavy atom. The number of aromatic nitrogens is 2. The van der Waals surface area contributed by atoms with Crippen molar-refractivity contribution in [3.05, 3.63) is 11.9 Å². The Kier molecular flexibility index (Phi) is 5.17. The number of nitrogen functional groups attached to an aromatic ring is 1. The third kappa shape index (κ3) is 4.07. The Balaban J connectivity index is 1.88. The number of nitrogens with two attached hydrogens (primary N) is 1. The lowest BCUT2D eigenvalue weighted by Gasteiger charge is -2.20. The lowest BCUT2D eigenvalue weighted by atomic mass is 10.1. The molecule has 1 aromatic heterocycles. The van der Waals surface area contributed by atoms with Gasteiger partial charge < -0.3 is 16.0 Å². The number of anilines is 2. The molecule has 1 aliphatic heterocycles. The summed E-state index contributed by atoms with van der Waals surface area (Å²) < 4.78 is 0. The summed E-state index contributed by atoms with van der Waals surface area (Å²) in [5, 5.41) is 3.43. The third-order valence-electron chi connectivity index (χ3n) is 3.89. The van der Waals surface area contributed by atoms with Gasteiger partial charge in [0.05, 0.1) is 0 Å². The molecule has 112 valence electrons. The maximum atomic E-state index is 5.84. The van der Waals surface area contributed by atoms with Crippen molar-refractivity contribution >= 4 is 11.6 Å². The fourth-order valence-corrected chi connectivity index (χ4v) is 2.69. The molecular weight excluding hydrogens is 250 g/mol. The Morgan fingerprint density at radius 1 is 1.45 bits per heavy atom. The summed E-state index contributed by atoms with van der Waals surface area (Å²) in [6.07, 6.45) is 3.17. The van der Waals surface area contributed by atoms with E-state index < -0.39 is 0 Å². The lowest BCUT2D eigenvalue weighted by molar-refractivity contribution is 0.266. The summed E-state index contributed by atoms with van der Waals surface area (Å²) in [6.45, 7) is 9.99. The molecule has 0 radical (unpaired) electrons. The first-order valence-corrected chi connectivity index (χ1v) is 7.69. The monoisotopic (exact) mass is 277 g/mol. The number of rotatable bonds is 6. The van der Waals surface area contributed by atoms with Gasteiger partial charge in [0.2, 0.25) is 0 Å². The zero-order valence-electron chi connectivity index (χ0n) is 12.9. The minimum absolute atomic E-state index is 0.557. The zero-order chi connectivity index (χ0) is 14.5. The first kappa shape index (κ1) is 15.0. The first-order chi connectivity index (χ1) is 9.58. The van der Waals surface area contributed by atoms with Crippen molar-refractivity contribution in [1.29, 1.82) is 0 Å². The van der Waals surface area contributed by atoms with E-state index in [2.05, 4.69) is 41.0 Å². The van der Waals surface area contributed by atoms with Gasteiger partial charge in [-0.3, -0.25) is 0 Å². The summed E-state index contributed by atoms with van der Waals surface area (Å²) in [4.78, 5) is 11.3. The highest BCUT2D eigenvalue weighted by Gasteiger charge is 2.23. The fraction of sp³-hybridized carbons (Fsp3) is 0.733. The van der Waals surface area contributed by atoms with Crippen LogP contribution < -0.4 is 11.1 Å². The van der Waals surface area contributed by atoms with Crippen LogP contribution in [-0.2, 0) is 6.42 Å². The smallest absolute Gasteiger partial charge is 0.133 e. The summed E-state index contributed by atoms with van der Waals surface area (Å²) in [7, 11) is 0. The topological polar surface area (TPSA) is 67.1 Å². The van der Waals surface area contributed by atoms with Crippen molar-refractivity contribution < 1.29 is 0 Å². The molecule has 0 amide bonds. The molecule has 1 saturated heterocycles. The van der Waals surface area contributed by atoms with Crippen LogP contribution in [0.2, 0.25) is 0 Å². The quantitative estimate of drug-likeness (QED) is 0.834. The molecule has 0 spiro atoms. The molecule has 5 nitrogen and oxygen atoms in total. The van der Waals surface area contributed by atoms with Crippen molar-refractivity contribution in [2.24, 2.45) is 5.92 Å². The summed E-state index contributed by atoms with van der Waals surface area (Å²) in [6, 6.07) is 2.47. The standard InChI is InChI=1S/C15H27N5/c1-4-5-14-18-13(16)8-15(19-14)17-9-12-6-7-20(10-12)11(2)3/h8,11-12H,4-7,9-10H2,1-3H3,(H3,16,17,18,19). The van der Waals surface area contributed by atoms with Gasteiger partial charge in [-0.05, 0) is 39.2 Å². The van der Waals surface area contributed by atoms with Gasteiger partial charge in [0, 0.05) is 31.6 Å². The van der Waals surface area contributed by atoms with Gasteiger partial charge in [-0.2, -0.15) is 0 Å². The van der Waals surface area contributed by atoms with Crippen molar-refractivity contribution in [2.45, 2.75) is 46.1 Å². The van der Waals surface area contributed by atoms with Gasteiger partial charge in [-0.1, -0.05) is 6.92 Å². The van der Waals surface area contributed by atoms with Gasteiger partial charge in [-0.25, -0.2) is 9.97 Å². The van der Waals surface area contributed by atoms with Crippen LogP contribution in [0.15, 0.2) is 6.07 Å². The number of hydrogen-bond donors (Lipinski definition) is 2. The van der Waals surface area contributed by atoms with Crippen LogP contribution in [0.5, 0.6) is 0 Å². The van der Waals surface area contributed by atoms with Crippen molar-refractivity contribution in [3.8, 4) is 0 Å². The molecule has 1 unspecified atom stereocenters. The van der Waals surface area contributed by atoms with Crippen LogP contribution in [0.3, 0.4) is 0 Å². The second-order valence-corrected chi connectivity index (χ2v) is 5.97. The SMILES string of the molecule is CCCc1nc(N)cc(NCC2CCN(C(C)C)C2)n1. The van der Waals surface area contributed by atoms with Crippen molar-refractivity contribution in [2.75, 3.05) is 30.7 Å². The van der Waals surface area contributed by atoms with Gasteiger partial charge in [-0.15, -0.1) is 0 Å². The second-order valence-electron chi connectivity index (χ2n) is 5.97. The molecule has 5 heteroatoms. The minimum Gasteiger partial charge on any atom is -0.384 e. The van der Waals surface area contributed by atoms with Gasteiger partial charge in [0.25, 0.3) is 0 Å². The highest BCUT2D eigenvalue weighted by molar-refractivity contribution is 5.44. The summed E-state index contributed by atoms with van der Waals surface area (Å²) in [5.74, 6) is 2.96. The van der Waals surface area contributed by atoms with Crippen LogP contribution in [0.1, 0.15) is 39.4 Å². The number of nitrogens with zero attached hydrogens (tertiary/aromatic N) is 3.